The van der Waals surface area contributed by atoms with E-state index < -0.39 is 0 Å². The monoisotopic (exact) mass is 401 g/mol. The van der Waals surface area contributed by atoms with Gasteiger partial charge in [-0.05, 0) is 57.5 Å². The minimum Gasteiger partial charge on any atom is -0.357 e. The summed E-state index contributed by atoms with van der Waals surface area (Å²) in [4.78, 5) is 20.8. The van der Waals surface area contributed by atoms with Gasteiger partial charge in [0, 0.05) is 38.3 Å². The fraction of sp³-hybridized carbons (Fsp3) is 0.652. The summed E-state index contributed by atoms with van der Waals surface area (Å²) in [6.07, 6.45) is 5.05. The Bertz CT molecular complexity index is 683. The number of aliphatic imine (C=N–C) groups is 1. The lowest BCUT2D eigenvalue weighted by Gasteiger charge is -2.45. The highest BCUT2D eigenvalue weighted by atomic mass is 16.2. The molecule has 162 valence electrons. The van der Waals surface area contributed by atoms with Gasteiger partial charge in [0.25, 0.3) is 5.91 Å². The van der Waals surface area contributed by atoms with Crippen LogP contribution in [0.15, 0.2) is 29.3 Å². The van der Waals surface area contributed by atoms with Gasteiger partial charge in [-0.25, -0.2) is 4.99 Å². The van der Waals surface area contributed by atoms with E-state index in [0.717, 1.165) is 30.5 Å². The van der Waals surface area contributed by atoms with E-state index in [-0.39, 0.29) is 11.4 Å². The van der Waals surface area contributed by atoms with Gasteiger partial charge >= 0.3 is 0 Å². The van der Waals surface area contributed by atoms with Crippen molar-refractivity contribution in [2.24, 2.45) is 10.9 Å². The highest BCUT2D eigenvalue weighted by molar-refractivity contribution is 5.93. The van der Waals surface area contributed by atoms with Crippen LogP contribution in [0.2, 0.25) is 0 Å². The molecule has 1 aliphatic carbocycles. The second kappa shape index (κ2) is 10.6. The molecule has 1 aromatic carbocycles. The predicted molar refractivity (Wildman–Crippen MR) is 121 cm³/mol. The molecule has 1 amide bonds. The van der Waals surface area contributed by atoms with Crippen molar-refractivity contribution >= 4 is 11.9 Å². The minimum absolute atomic E-state index is 0.0192. The molecule has 2 N–H and O–H groups in total. The number of hydrogen-bond acceptors (Lipinski definition) is 3. The van der Waals surface area contributed by atoms with Gasteiger partial charge in [0.2, 0.25) is 0 Å². The number of nitrogens with zero attached hydrogens (tertiary/aromatic N) is 3. The van der Waals surface area contributed by atoms with Crippen molar-refractivity contribution in [3.8, 4) is 0 Å². The second-order valence-electron chi connectivity index (χ2n) is 8.77. The number of nitrogens with one attached hydrogen (secondary N) is 2. The van der Waals surface area contributed by atoms with Gasteiger partial charge in [-0.3, -0.25) is 4.79 Å². The zero-order valence-electron chi connectivity index (χ0n) is 19.1. The van der Waals surface area contributed by atoms with Crippen LogP contribution in [0.3, 0.4) is 0 Å². The van der Waals surface area contributed by atoms with Crippen molar-refractivity contribution in [2.75, 3.05) is 41.3 Å². The second-order valence-corrected chi connectivity index (χ2v) is 8.77. The molecular formula is C23H39N5O. The van der Waals surface area contributed by atoms with E-state index in [2.05, 4.69) is 43.5 Å². The molecule has 2 atom stereocenters. The lowest BCUT2D eigenvalue weighted by atomic mass is 9.75. The van der Waals surface area contributed by atoms with Crippen LogP contribution in [0.4, 0.5) is 0 Å². The standard InChI is InChI=1S/C23H39N5O/c1-7-24-22(26-17-23(28(5)6)14-8-9-18(2)15-23)25-16-19-10-12-20(13-11-19)21(29)27(3)4/h10-13,18H,7-9,14-17H2,1-6H3,(H2,24,25,26). The van der Waals surface area contributed by atoms with Gasteiger partial charge in [-0.2, -0.15) is 0 Å². The SMILES string of the molecule is CCNC(=NCc1ccc(C(=O)N(C)C)cc1)NCC1(N(C)C)CCCC(C)C1. The Morgan fingerprint density at radius 3 is 2.41 bits per heavy atom. The van der Waals surface area contributed by atoms with E-state index in [1.165, 1.54) is 25.7 Å². The van der Waals surface area contributed by atoms with Gasteiger partial charge in [-0.15, -0.1) is 0 Å². The largest absolute Gasteiger partial charge is 0.357 e. The van der Waals surface area contributed by atoms with Crippen LogP contribution in [-0.4, -0.2) is 68.5 Å². The van der Waals surface area contributed by atoms with Crippen molar-refractivity contribution in [1.82, 2.24) is 20.4 Å². The fourth-order valence-electron chi connectivity index (χ4n) is 4.13. The van der Waals surface area contributed by atoms with Crippen LogP contribution in [0.5, 0.6) is 0 Å². The molecule has 0 heterocycles. The van der Waals surface area contributed by atoms with E-state index in [9.17, 15) is 4.79 Å². The summed E-state index contributed by atoms with van der Waals surface area (Å²) in [6, 6.07) is 7.71. The van der Waals surface area contributed by atoms with E-state index in [0.29, 0.717) is 12.1 Å². The summed E-state index contributed by atoms with van der Waals surface area (Å²) >= 11 is 0. The summed E-state index contributed by atoms with van der Waals surface area (Å²) in [6.45, 7) is 6.75. The predicted octanol–water partition coefficient (Wildman–Crippen LogP) is 2.95. The zero-order valence-corrected chi connectivity index (χ0v) is 19.1. The van der Waals surface area contributed by atoms with Crippen molar-refractivity contribution in [3.05, 3.63) is 35.4 Å². The van der Waals surface area contributed by atoms with E-state index in [1.54, 1.807) is 19.0 Å². The molecule has 0 aliphatic heterocycles. The summed E-state index contributed by atoms with van der Waals surface area (Å²) in [5.41, 5.74) is 1.97. The fourth-order valence-corrected chi connectivity index (χ4v) is 4.13. The molecule has 0 saturated heterocycles. The molecule has 0 radical (unpaired) electrons. The van der Waals surface area contributed by atoms with Crippen LogP contribution >= 0.6 is 0 Å². The minimum atomic E-state index is 0.0192. The molecule has 2 unspecified atom stereocenters. The van der Waals surface area contributed by atoms with Gasteiger partial charge in [-0.1, -0.05) is 31.9 Å². The van der Waals surface area contributed by atoms with E-state index in [1.807, 2.05) is 24.3 Å². The molecule has 1 aliphatic rings. The van der Waals surface area contributed by atoms with Crippen molar-refractivity contribution < 1.29 is 4.79 Å². The lowest BCUT2D eigenvalue weighted by molar-refractivity contribution is 0.0795. The third kappa shape index (κ3) is 6.46. The smallest absolute Gasteiger partial charge is 0.253 e. The number of amides is 1. The van der Waals surface area contributed by atoms with Gasteiger partial charge in [0.1, 0.15) is 0 Å². The Labute approximate surface area is 176 Å². The topological polar surface area (TPSA) is 60.0 Å². The first-order chi connectivity index (χ1) is 13.8. The average molecular weight is 402 g/mol. The molecule has 6 heteroatoms. The molecule has 29 heavy (non-hydrogen) atoms. The van der Waals surface area contributed by atoms with E-state index >= 15 is 0 Å². The Hall–Kier alpha value is -2.08. The Kier molecular flexibility index (Phi) is 8.50. The average Bonchev–Trinajstić information content (AvgIpc) is 2.69. The highest BCUT2D eigenvalue weighted by Crippen LogP contribution is 2.35. The number of benzene rings is 1. The molecule has 1 fully saturated rings. The first-order valence-electron chi connectivity index (χ1n) is 10.8. The molecule has 6 nitrogen and oxygen atoms in total. The van der Waals surface area contributed by atoms with E-state index in [4.69, 9.17) is 4.99 Å². The third-order valence-corrected chi connectivity index (χ3v) is 5.97. The first-order valence-corrected chi connectivity index (χ1v) is 10.8. The maximum Gasteiger partial charge on any atom is 0.253 e. The molecule has 1 aromatic rings. The summed E-state index contributed by atoms with van der Waals surface area (Å²) in [5.74, 6) is 1.63. The Morgan fingerprint density at radius 1 is 1.17 bits per heavy atom. The molecular weight excluding hydrogens is 362 g/mol. The Balaban J connectivity index is 2.03. The summed E-state index contributed by atoms with van der Waals surface area (Å²) in [5, 5.41) is 6.95. The molecule has 0 aromatic heterocycles. The maximum atomic E-state index is 12.0. The van der Waals surface area contributed by atoms with Gasteiger partial charge in [0.15, 0.2) is 5.96 Å². The number of carbonyl (C=O) groups excluding carboxylic acids is 1. The van der Waals surface area contributed by atoms with Crippen LogP contribution in [0, 0.1) is 5.92 Å². The molecule has 0 bridgehead atoms. The normalized spacial score (nSPS) is 22.4. The Morgan fingerprint density at radius 2 is 1.86 bits per heavy atom. The van der Waals surface area contributed by atoms with Crippen LogP contribution in [0.1, 0.15) is 55.5 Å². The van der Waals surface area contributed by atoms with Crippen molar-refractivity contribution in [2.45, 2.75) is 51.6 Å². The number of carbonyl (C=O) groups is 1. The van der Waals surface area contributed by atoms with Crippen LogP contribution in [-0.2, 0) is 6.54 Å². The van der Waals surface area contributed by atoms with Gasteiger partial charge in [0.05, 0.1) is 6.54 Å². The summed E-state index contributed by atoms with van der Waals surface area (Å²) < 4.78 is 0. The third-order valence-electron chi connectivity index (χ3n) is 5.97. The first kappa shape index (κ1) is 23.2. The molecule has 0 spiro atoms. The summed E-state index contributed by atoms with van der Waals surface area (Å²) in [7, 11) is 7.92. The maximum absolute atomic E-state index is 12.0. The quantitative estimate of drug-likeness (QED) is 0.545. The molecule has 1 saturated carbocycles. The number of hydrogen-bond donors (Lipinski definition) is 2. The number of likely N-dealkylation sites (N-methyl/N-ethyl adjacent to an activating group) is 1. The van der Waals surface area contributed by atoms with Gasteiger partial charge < -0.3 is 20.4 Å². The number of rotatable bonds is 7. The van der Waals surface area contributed by atoms with Crippen LogP contribution in [0.25, 0.3) is 0 Å². The number of guanidine groups is 1. The highest BCUT2D eigenvalue weighted by Gasteiger charge is 2.36. The molecule has 2 rings (SSSR count). The van der Waals surface area contributed by atoms with Crippen molar-refractivity contribution in [3.63, 3.8) is 0 Å². The zero-order chi connectivity index (χ0) is 21.4. The lowest BCUT2D eigenvalue weighted by Crippen LogP contribution is -2.56. The van der Waals surface area contributed by atoms with Crippen molar-refractivity contribution in [1.29, 1.82) is 0 Å². The van der Waals surface area contributed by atoms with Crippen LogP contribution < -0.4 is 10.6 Å².